The van der Waals surface area contributed by atoms with Gasteiger partial charge in [0.05, 0.1) is 67.5 Å². The first-order valence-corrected chi connectivity index (χ1v) is 16.2. The smallest absolute Gasteiger partial charge is 0.333 e. The third-order valence-electron chi connectivity index (χ3n) is 8.20. The summed E-state index contributed by atoms with van der Waals surface area (Å²) in [6, 6.07) is 6.38. The molecular formula is C35H50N2O12. The van der Waals surface area contributed by atoms with Crippen LogP contribution in [0.5, 0.6) is 46.0 Å². The number of methoxy groups -OCH3 is 6. The first-order valence-electron chi connectivity index (χ1n) is 16.2. The predicted octanol–water partition coefficient (Wildman–Crippen LogP) is 4.23. The number of rotatable bonds is 21. The molecule has 14 nitrogen and oxygen atoms in total. The number of carboxylic acids is 2. The largest absolute Gasteiger partial charge is 0.493 e. The van der Waals surface area contributed by atoms with Crippen LogP contribution in [0.2, 0.25) is 0 Å². The number of ether oxygens (including phenoxy) is 8. The molecular weight excluding hydrogens is 640 g/mol. The standard InChI is InChI=1S/C35H50N2O12/c1-42-28-18-24(19-29(43-2)33(28)46-5)48-16-9-7-12-36-13-11-15-37(27(23-36)26(35(40)41)22-32(38)39)14-8-10-17-49-25-20-30(44-3)34(47-6)31(21-25)45-4/h18-22,27H,7-17,23H2,1-6H3,(H,38,39)(H,40,41). The Labute approximate surface area is 288 Å². The van der Waals surface area contributed by atoms with Crippen molar-refractivity contribution < 1.29 is 57.7 Å². The van der Waals surface area contributed by atoms with Gasteiger partial charge in [-0.05, 0) is 51.7 Å². The summed E-state index contributed by atoms with van der Waals surface area (Å²) in [6.45, 7) is 3.99. The molecule has 0 aromatic heterocycles. The molecule has 2 N–H and O–H groups in total. The summed E-state index contributed by atoms with van der Waals surface area (Å²) < 4.78 is 44.2. The van der Waals surface area contributed by atoms with Crippen molar-refractivity contribution in [3.63, 3.8) is 0 Å². The van der Waals surface area contributed by atoms with E-state index >= 15 is 0 Å². The number of aliphatic carboxylic acids is 2. The van der Waals surface area contributed by atoms with E-state index in [4.69, 9.17) is 37.9 Å². The van der Waals surface area contributed by atoms with Gasteiger partial charge in [-0.2, -0.15) is 0 Å². The first-order chi connectivity index (χ1) is 23.7. The summed E-state index contributed by atoms with van der Waals surface area (Å²) in [4.78, 5) is 28.2. The molecule has 0 radical (unpaired) electrons. The second-order valence-electron chi connectivity index (χ2n) is 11.3. The number of carbonyl (C=O) groups is 2. The molecule has 1 heterocycles. The maximum absolute atomic E-state index is 12.3. The minimum absolute atomic E-state index is 0.126. The van der Waals surface area contributed by atoms with Crippen molar-refractivity contribution in [1.82, 2.24) is 9.80 Å². The second kappa shape index (κ2) is 20.1. The molecule has 1 aliphatic rings. The highest BCUT2D eigenvalue weighted by molar-refractivity contribution is 5.95. The molecule has 14 heteroatoms. The molecule has 1 fully saturated rings. The molecule has 2 aromatic rings. The van der Waals surface area contributed by atoms with Gasteiger partial charge in [0.1, 0.15) is 11.5 Å². The number of hydrogen-bond donors (Lipinski definition) is 2. The molecule has 1 unspecified atom stereocenters. The van der Waals surface area contributed by atoms with Gasteiger partial charge >= 0.3 is 11.9 Å². The zero-order valence-electron chi connectivity index (χ0n) is 29.3. The van der Waals surface area contributed by atoms with Gasteiger partial charge in [-0.3, -0.25) is 4.90 Å². The molecule has 272 valence electrons. The lowest BCUT2D eigenvalue weighted by Crippen LogP contribution is -2.45. The van der Waals surface area contributed by atoms with Crippen molar-refractivity contribution in [2.45, 2.75) is 38.1 Å². The normalized spacial score (nSPS) is 15.6. The molecule has 1 aliphatic heterocycles. The van der Waals surface area contributed by atoms with Gasteiger partial charge in [0.15, 0.2) is 23.0 Å². The van der Waals surface area contributed by atoms with Gasteiger partial charge in [-0.25, -0.2) is 9.59 Å². The summed E-state index contributed by atoms with van der Waals surface area (Å²) >= 11 is 0. The first kappa shape index (κ1) is 38.9. The molecule has 0 spiro atoms. The number of unbranched alkanes of at least 4 members (excludes halogenated alkanes) is 2. The third-order valence-corrected chi connectivity index (χ3v) is 8.20. The third kappa shape index (κ3) is 11.2. The van der Waals surface area contributed by atoms with E-state index in [-0.39, 0.29) is 5.57 Å². The summed E-state index contributed by atoms with van der Waals surface area (Å²) in [5.74, 6) is 1.62. The van der Waals surface area contributed by atoms with Crippen molar-refractivity contribution in [3.8, 4) is 46.0 Å². The lowest BCUT2D eigenvalue weighted by atomic mass is 10.0. The SMILES string of the molecule is COc1cc(OCCCCN2CCCN(CCCCOc3cc(OC)c(OC)c(OC)c3)C(C(=CC(=O)O)C(=O)O)C2)cc(OC)c1OC. The van der Waals surface area contributed by atoms with Gasteiger partial charge in [-0.15, -0.1) is 0 Å². The van der Waals surface area contributed by atoms with E-state index in [1.54, 1.807) is 45.6 Å². The van der Waals surface area contributed by atoms with Crippen LogP contribution in [0.1, 0.15) is 32.1 Å². The van der Waals surface area contributed by atoms with Crippen LogP contribution in [-0.2, 0) is 9.59 Å². The summed E-state index contributed by atoms with van der Waals surface area (Å²) in [7, 11) is 9.25. The van der Waals surface area contributed by atoms with Crippen LogP contribution in [-0.4, -0.2) is 127 Å². The Kier molecular flexibility index (Phi) is 15.9. The Morgan fingerprint density at radius 1 is 0.694 bits per heavy atom. The highest BCUT2D eigenvalue weighted by Gasteiger charge is 2.31. The van der Waals surface area contributed by atoms with Crippen molar-refractivity contribution in [2.24, 2.45) is 0 Å². The lowest BCUT2D eigenvalue weighted by Gasteiger charge is -2.32. The minimum atomic E-state index is -1.28. The van der Waals surface area contributed by atoms with Crippen LogP contribution in [0.4, 0.5) is 0 Å². The van der Waals surface area contributed by atoms with Crippen molar-refractivity contribution in [2.75, 3.05) is 88.6 Å². The lowest BCUT2D eigenvalue weighted by molar-refractivity contribution is -0.135. The summed E-state index contributed by atoms with van der Waals surface area (Å²) in [5, 5.41) is 19.5. The monoisotopic (exact) mass is 690 g/mol. The van der Waals surface area contributed by atoms with Crippen molar-refractivity contribution >= 4 is 11.9 Å². The highest BCUT2D eigenvalue weighted by Crippen LogP contribution is 2.42. The zero-order valence-corrected chi connectivity index (χ0v) is 29.3. The Hall–Kier alpha value is -4.56. The fraction of sp³-hybridized carbons (Fsp3) is 0.543. The van der Waals surface area contributed by atoms with E-state index in [1.807, 2.05) is 0 Å². The number of nitrogens with zero attached hydrogens (tertiary/aromatic N) is 2. The fourth-order valence-corrected chi connectivity index (χ4v) is 5.82. The Morgan fingerprint density at radius 3 is 1.57 bits per heavy atom. The predicted molar refractivity (Wildman–Crippen MR) is 181 cm³/mol. The second-order valence-corrected chi connectivity index (χ2v) is 11.3. The van der Waals surface area contributed by atoms with E-state index in [2.05, 4.69) is 9.80 Å². The van der Waals surface area contributed by atoms with Crippen molar-refractivity contribution in [1.29, 1.82) is 0 Å². The van der Waals surface area contributed by atoms with E-state index in [0.717, 1.165) is 38.3 Å². The maximum Gasteiger partial charge on any atom is 0.333 e. The Bertz CT molecular complexity index is 1350. The van der Waals surface area contributed by atoms with Gasteiger partial charge in [0.25, 0.3) is 0 Å². The quantitative estimate of drug-likeness (QED) is 0.142. The average Bonchev–Trinajstić information content (AvgIpc) is 3.30. The highest BCUT2D eigenvalue weighted by atomic mass is 16.5. The topological polar surface area (TPSA) is 155 Å². The van der Waals surface area contributed by atoms with E-state index in [1.165, 1.54) is 21.3 Å². The van der Waals surface area contributed by atoms with Crippen LogP contribution < -0.4 is 37.9 Å². The van der Waals surface area contributed by atoms with Crippen molar-refractivity contribution in [3.05, 3.63) is 35.9 Å². The number of benzene rings is 2. The minimum Gasteiger partial charge on any atom is -0.493 e. The molecule has 0 aliphatic carbocycles. The van der Waals surface area contributed by atoms with E-state index in [9.17, 15) is 19.8 Å². The van der Waals surface area contributed by atoms with Crippen LogP contribution in [0.15, 0.2) is 35.9 Å². The van der Waals surface area contributed by atoms with Gasteiger partial charge in [-0.1, -0.05) is 0 Å². The van der Waals surface area contributed by atoms with Gasteiger partial charge in [0.2, 0.25) is 11.5 Å². The maximum atomic E-state index is 12.3. The summed E-state index contributed by atoms with van der Waals surface area (Å²) in [6.07, 6.45) is 4.62. The van der Waals surface area contributed by atoms with Gasteiger partial charge in [0, 0.05) is 43.4 Å². The van der Waals surface area contributed by atoms with Crippen LogP contribution in [0, 0.1) is 0 Å². The zero-order chi connectivity index (χ0) is 35.8. The molecule has 0 bridgehead atoms. The van der Waals surface area contributed by atoms with E-state index < -0.39 is 18.0 Å². The van der Waals surface area contributed by atoms with Crippen LogP contribution in [0.3, 0.4) is 0 Å². The molecule has 49 heavy (non-hydrogen) atoms. The Balaban J connectivity index is 1.57. The summed E-state index contributed by atoms with van der Waals surface area (Å²) in [5.41, 5.74) is -0.126. The molecule has 2 aromatic carbocycles. The molecule has 0 amide bonds. The van der Waals surface area contributed by atoms with Crippen LogP contribution in [0.25, 0.3) is 0 Å². The molecule has 1 saturated heterocycles. The fourth-order valence-electron chi connectivity index (χ4n) is 5.82. The molecule has 3 rings (SSSR count). The molecule has 1 atom stereocenters. The molecule has 0 saturated carbocycles. The Morgan fingerprint density at radius 2 is 1.16 bits per heavy atom. The average molecular weight is 691 g/mol. The van der Waals surface area contributed by atoms with E-state index in [0.29, 0.717) is 91.8 Å². The van der Waals surface area contributed by atoms with Crippen LogP contribution >= 0.6 is 0 Å². The number of hydrogen-bond acceptors (Lipinski definition) is 12. The number of carboxylic acid groups (broad SMARTS) is 2. The van der Waals surface area contributed by atoms with Gasteiger partial charge < -0.3 is 53.0 Å².